The molecule has 2 heteroatoms. The fraction of sp³-hybridized carbons (Fsp3) is 0.143. The third-order valence-electron chi connectivity index (χ3n) is 3.13. The maximum absolute atomic E-state index is 5.76. The Hall–Kier alpha value is -1.96. The minimum absolute atomic E-state index is 0.395. The Bertz CT molecular complexity index is 552. The largest absolute Gasteiger partial charge is 0.386 e. The van der Waals surface area contributed by atoms with Crippen LogP contribution < -0.4 is 11.1 Å². The second-order valence-corrected chi connectivity index (χ2v) is 4.18. The molecule has 3 N–H and O–H groups in total. The quantitative estimate of drug-likeness (QED) is 0.758. The highest BCUT2D eigenvalue weighted by molar-refractivity contribution is 5.86. The lowest BCUT2D eigenvalue weighted by Crippen LogP contribution is -2.16. The molecule has 0 saturated carbocycles. The van der Waals surface area contributed by atoms with Crippen molar-refractivity contribution < 1.29 is 0 Å². The van der Waals surface area contributed by atoms with Gasteiger partial charge in [0.15, 0.2) is 0 Å². The van der Waals surface area contributed by atoms with Gasteiger partial charge in [0.2, 0.25) is 0 Å². The van der Waals surface area contributed by atoms with Gasteiger partial charge in [0.25, 0.3) is 0 Å². The fourth-order valence-corrected chi connectivity index (χ4v) is 2.34. The first kappa shape index (κ1) is 9.28. The lowest BCUT2D eigenvalue weighted by atomic mass is 9.94. The molecule has 2 aromatic carbocycles. The minimum atomic E-state index is 0.395. The Kier molecular flexibility index (Phi) is 2.07. The molecule has 2 aromatic rings. The average molecular weight is 210 g/mol. The van der Waals surface area contributed by atoms with E-state index in [0.29, 0.717) is 5.92 Å². The summed E-state index contributed by atoms with van der Waals surface area (Å²) in [5.41, 5.74) is 7.11. The van der Waals surface area contributed by atoms with Gasteiger partial charge >= 0.3 is 0 Å². The van der Waals surface area contributed by atoms with Crippen molar-refractivity contribution in [1.29, 1.82) is 0 Å². The summed E-state index contributed by atoms with van der Waals surface area (Å²) < 4.78 is 0. The van der Waals surface area contributed by atoms with Crippen molar-refractivity contribution in [3.05, 3.63) is 59.9 Å². The van der Waals surface area contributed by atoms with Gasteiger partial charge in [-0.05, 0) is 22.4 Å². The van der Waals surface area contributed by atoms with E-state index in [2.05, 4.69) is 53.9 Å². The highest BCUT2D eigenvalue weighted by Gasteiger charge is 2.16. The van der Waals surface area contributed by atoms with E-state index < -0.39 is 0 Å². The second kappa shape index (κ2) is 3.56. The molecule has 1 atom stereocenters. The highest BCUT2D eigenvalue weighted by Crippen LogP contribution is 2.28. The van der Waals surface area contributed by atoms with Crippen LogP contribution in [0, 0.1) is 0 Å². The molecule has 1 aliphatic heterocycles. The van der Waals surface area contributed by atoms with Crippen LogP contribution in [0.1, 0.15) is 11.5 Å². The van der Waals surface area contributed by atoms with Gasteiger partial charge in [-0.3, -0.25) is 0 Å². The summed E-state index contributed by atoms with van der Waals surface area (Å²) in [6.07, 6.45) is 2.10. The van der Waals surface area contributed by atoms with Crippen LogP contribution in [0.5, 0.6) is 0 Å². The van der Waals surface area contributed by atoms with E-state index in [0.717, 1.165) is 12.4 Å². The number of rotatable bonds is 1. The van der Waals surface area contributed by atoms with Gasteiger partial charge in [0.1, 0.15) is 0 Å². The number of nitrogens with one attached hydrogen (secondary N) is 1. The maximum Gasteiger partial charge on any atom is 0.0926 e. The number of benzene rings is 2. The molecule has 0 fully saturated rings. The zero-order valence-corrected chi connectivity index (χ0v) is 8.98. The average Bonchev–Trinajstić information content (AvgIpc) is 2.75. The lowest BCUT2D eigenvalue weighted by molar-refractivity contribution is 0.795. The Morgan fingerprint density at radius 1 is 1.06 bits per heavy atom. The Morgan fingerprint density at radius 2 is 1.88 bits per heavy atom. The molecule has 0 aliphatic carbocycles. The molecule has 80 valence electrons. The van der Waals surface area contributed by atoms with Crippen molar-refractivity contribution in [3.8, 4) is 0 Å². The number of hydrogen-bond acceptors (Lipinski definition) is 2. The fourth-order valence-electron chi connectivity index (χ4n) is 2.34. The predicted octanol–water partition coefficient (Wildman–Crippen LogP) is 2.33. The molecule has 16 heavy (non-hydrogen) atoms. The summed E-state index contributed by atoms with van der Waals surface area (Å²) in [5.74, 6) is 1.18. The Morgan fingerprint density at radius 3 is 2.69 bits per heavy atom. The van der Waals surface area contributed by atoms with Gasteiger partial charge in [0, 0.05) is 12.5 Å². The van der Waals surface area contributed by atoms with Crippen LogP contribution >= 0.6 is 0 Å². The van der Waals surface area contributed by atoms with E-state index in [-0.39, 0.29) is 0 Å². The summed E-state index contributed by atoms with van der Waals surface area (Å²) in [5, 5.41) is 5.78. The first-order valence-corrected chi connectivity index (χ1v) is 5.53. The Labute approximate surface area is 94.8 Å². The van der Waals surface area contributed by atoms with E-state index in [9.17, 15) is 0 Å². The van der Waals surface area contributed by atoms with E-state index in [4.69, 9.17) is 5.73 Å². The highest BCUT2D eigenvalue weighted by atomic mass is 15.0. The molecule has 0 saturated heterocycles. The molecule has 3 rings (SSSR count). The molecule has 0 bridgehead atoms. The van der Waals surface area contributed by atoms with Crippen LogP contribution in [0.4, 0.5) is 0 Å². The van der Waals surface area contributed by atoms with Gasteiger partial charge in [-0.2, -0.15) is 0 Å². The number of nitrogens with two attached hydrogens (primary N) is 1. The predicted molar refractivity (Wildman–Crippen MR) is 67.0 cm³/mol. The van der Waals surface area contributed by atoms with Crippen molar-refractivity contribution in [3.63, 3.8) is 0 Å². The summed E-state index contributed by atoms with van der Waals surface area (Å²) >= 11 is 0. The SMILES string of the molecule is NC1=CC(c2cccc3ccccc23)CN1. The molecule has 0 spiro atoms. The molecule has 2 nitrogen and oxygen atoms in total. The van der Waals surface area contributed by atoms with Gasteiger partial charge in [-0.15, -0.1) is 0 Å². The molecule has 1 heterocycles. The third-order valence-corrected chi connectivity index (χ3v) is 3.13. The number of hydrogen-bond donors (Lipinski definition) is 2. The normalized spacial score (nSPS) is 19.5. The maximum atomic E-state index is 5.76. The Balaban J connectivity index is 2.17. The topological polar surface area (TPSA) is 38.0 Å². The summed E-state index contributed by atoms with van der Waals surface area (Å²) in [4.78, 5) is 0. The standard InChI is InChI=1S/C14H14N2/c15-14-8-11(9-16-14)13-7-3-5-10-4-1-2-6-12(10)13/h1-8,11,16H,9,15H2. The van der Waals surface area contributed by atoms with Crippen molar-refractivity contribution in [2.24, 2.45) is 5.73 Å². The zero-order valence-electron chi connectivity index (χ0n) is 8.98. The molecular formula is C14H14N2. The third kappa shape index (κ3) is 1.43. The van der Waals surface area contributed by atoms with Crippen LogP contribution in [0.25, 0.3) is 10.8 Å². The van der Waals surface area contributed by atoms with Crippen LogP contribution in [0.3, 0.4) is 0 Å². The van der Waals surface area contributed by atoms with E-state index in [1.807, 2.05) is 0 Å². The first-order chi connectivity index (χ1) is 7.84. The van der Waals surface area contributed by atoms with Gasteiger partial charge in [-0.1, -0.05) is 42.5 Å². The summed E-state index contributed by atoms with van der Waals surface area (Å²) in [7, 11) is 0. The van der Waals surface area contributed by atoms with Gasteiger partial charge in [0.05, 0.1) is 5.82 Å². The second-order valence-electron chi connectivity index (χ2n) is 4.18. The van der Waals surface area contributed by atoms with Gasteiger partial charge < -0.3 is 11.1 Å². The van der Waals surface area contributed by atoms with Crippen LogP contribution in [-0.4, -0.2) is 6.54 Å². The monoisotopic (exact) mass is 210 g/mol. The van der Waals surface area contributed by atoms with Crippen LogP contribution in [0.2, 0.25) is 0 Å². The molecule has 1 aliphatic rings. The molecule has 1 unspecified atom stereocenters. The number of fused-ring (bicyclic) bond motifs is 1. The van der Waals surface area contributed by atoms with Crippen LogP contribution in [0.15, 0.2) is 54.4 Å². The molecule has 0 aromatic heterocycles. The van der Waals surface area contributed by atoms with Crippen LogP contribution in [-0.2, 0) is 0 Å². The summed E-state index contributed by atoms with van der Waals surface area (Å²) in [6.45, 7) is 0.903. The van der Waals surface area contributed by atoms with Crippen molar-refractivity contribution in [2.75, 3.05) is 6.54 Å². The van der Waals surface area contributed by atoms with E-state index in [1.54, 1.807) is 0 Å². The molecule has 0 amide bonds. The van der Waals surface area contributed by atoms with Crippen molar-refractivity contribution in [1.82, 2.24) is 5.32 Å². The lowest BCUT2D eigenvalue weighted by Gasteiger charge is -2.10. The smallest absolute Gasteiger partial charge is 0.0926 e. The molecule has 0 radical (unpaired) electrons. The van der Waals surface area contributed by atoms with Gasteiger partial charge in [-0.25, -0.2) is 0 Å². The van der Waals surface area contributed by atoms with Crippen molar-refractivity contribution in [2.45, 2.75) is 5.92 Å². The zero-order chi connectivity index (χ0) is 11.0. The molecular weight excluding hydrogens is 196 g/mol. The minimum Gasteiger partial charge on any atom is -0.386 e. The van der Waals surface area contributed by atoms with E-state index >= 15 is 0 Å². The van der Waals surface area contributed by atoms with Crippen molar-refractivity contribution >= 4 is 10.8 Å². The summed E-state index contributed by atoms with van der Waals surface area (Å²) in [6, 6.07) is 14.9. The first-order valence-electron chi connectivity index (χ1n) is 5.53. The van der Waals surface area contributed by atoms with E-state index in [1.165, 1.54) is 16.3 Å².